The molecular formula is C13H21N3O. The van der Waals surface area contributed by atoms with Crippen LogP contribution in [0.1, 0.15) is 31.9 Å². The predicted molar refractivity (Wildman–Crippen MR) is 67.5 cm³/mol. The monoisotopic (exact) mass is 235 g/mol. The Balaban J connectivity index is 1.78. The topological polar surface area (TPSA) is 48.1 Å². The molecule has 1 aromatic heterocycles. The molecule has 1 saturated heterocycles. The minimum absolute atomic E-state index is 0.101. The molecule has 1 amide bonds. The first kappa shape index (κ1) is 12.2. The molecule has 0 spiro atoms. The Morgan fingerprint density at radius 2 is 2.24 bits per heavy atom. The van der Waals surface area contributed by atoms with E-state index >= 15 is 0 Å². The molecule has 0 radical (unpaired) electrons. The molecule has 1 aliphatic rings. The van der Waals surface area contributed by atoms with Crippen LogP contribution >= 0.6 is 0 Å². The van der Waals surface area contributed by atoms with Crippen LogP contribution in [0.25, 0.3) is 0 Å². The maximum atomic E-state index is 12.1. The highest BCUT2D eigenvalue weighted by atomic mass is 16.2. The first-order valence-corrected chi connectivity index (χ1v) is 6.42. The summed E-state index contributed by atoms with van der Waals surface area (Å²) in [6.45, 7) is 4.51. The number of carbonyl (C=O) groups is 1. The fourth-order valence-corrected chi connectivity index (χ4v) is 2.22. The van der Waals surface area contributed by atoms with Crippen LogP contribution in [0, 0.1) is 0 Å². The molecule has 1 aromatic rings. The van der Waals surface area contributed by atoms with Crippen molar-refractivity contribution in [1.29, 1.82) is 0 Å². The summed E-state index contributed by atoms with van der Waals surface area (Å²) in [4.78, 5) is 17.2. The Labute approximate surface area is 102 Å². The molecule has 0 bridgehead atoms. The number of aromatic amines is 1. The SMILES string of the molecule is CC(NCc1ccc[nH]1)C(=O)N1CCCCC1. The van der Waals surface area contributed by atoms with E-state index in [1.54, 1.807) is 0 Å². The summed E-state index contributed by atoms with van der Waals surface area (Å²) in [5.41, 5.74) is 1.11. The van der Waals surface area contributed by atoms with Crippen LogP contribution in [0.5, 0.6) is 0 Å². The molecule has 0 saturated carbocycles. The van der Waals surface area contributed by atoms with E-state index in [1.165, 1.54) is 6.42 Å². The normalized spacial score (nSPS) is 18.1. The Morgan fingerprint density at radius 1 is 1.47 bits per heavy atom. The van der Waals surface area contributed by atoms with Gasteiger partial charge in [-0.1, -0.05) is 0 Å². The van der Waals surface area contributed by atoms with Crippen LogP contribution in [-0.4, -0.2) is 34.9 Å². The molecule has 2 rings (SSSR count). The van der Waals surface area contributed by atoms with E-state index in [2.05, 4.69) is 10.3 Å². The lowest BCUT2D eigenvalue weighted by atomic mass is 10.1. The van der Waals surface area contributed by atoms with E-state index in [0.29, 0.717) is 6.54 Å². The van der Waals surface area contributed by atoms with Crippen LogP contribution in [0.3, 0.4) is 0 Å². The maximum absolute atomic E-state index is 12.1. The zero-order chi connectivity index (χ0) is 12.1. The smallest absolute Gasteiger partial charge is 0.239 e. The van der Waals surface area contributed by atoms with E-state index in [0.717, 1.165) is 31.6 Å². The molecule has 1 unspecified atom stereocenters. The van der Waals surface area contributed by atoms with Gasteiger partial charge in [-0.25, -0.2) is 0 Å². The van der Waals surface area contributed by atoms with Gasteiger partial charge >= 0.3 is 0 Å². The molecule has 94 valence electrons. The number of aromatic nitrogens is 1. The Kier molecular flexibility index (Phi) is 4.20. The Hall–Kier alpha value is -1.29. The summed E-state index contributed by atoms with van der Waals surface area (Å²) in [5.74, 6) is 0.233. The van der Waals surface area contributed by atoms with Gasteiger partial charge in [-0.05, 0) is 38.3 Å². The molecule has 1 aliphatic heterocycles. The van der Waals surface area contributed by atoms with E-state index in [4.69, 9.17) is 0 Å². The summed E-state index contributed by atoms with van der Waals surface area (Å²) < 4.78 is 0. The molecule has 1 atom stereocenters. The summed E-state index contributed by atoms with van der Waals surface area (Å²) in [5, 5.41) is 3.26. The zero-order valence-electron chi connectivity index (χ0n) is 10.4. The van der Waals surface area contributed by atoms with E-state index < -0.39 is 0 Å². The van der Waals surface area contributed by atoms with Gasteiger partial charge in [0, 0.05) is 31.5 Å². The molecule has 0 aliphatic carbocycles. The summed E-state index contributed by atoms with van der Waals surface area (Å²) in [6.07, 6.45) is 5.45. The number of likely N-dealkylation sites (tertiary alicyclic amines) is 1. The third kappa shape index (κ3) is 3.33. The molecule has 1 fully saturated rings. The highest BCUT2D eigenvalue weighted by molar-refractivity contribution is 5.81. The fraction of sp³-hybridized carbons (Fsp3) is 0.615. The van der Waals surface area contributed by atoms with Gasteiger partial charge in [-0.15, -0.1) is 0 Å². The van der Waals surface area contributed by atoms with Crippen molar-refractivity contribution in [2.45, 2.75) is 38.8 Å². The lowest BCUT2D eigenvalue weighted by Crippen LogP contribution is -2.46. The van der Waals surface area contributed by atoms with E-state index in [-0.39, 0.29) is 11.9 Å². The van der Waals surface area contributed by atoms with Gasteiger partial charge in [0.1, 0.15) is 0 Å². The number of carbonyl (C=O) groups excluding carboxylic acids is 1. The van der Waals surface area contributed by atoms with Crippen LogP contribution in [0.4, 0.5) is 0 Å². The number of nitrogens with zero attached hydrogens (tertiary/aromatic N) is 1. The van der Waals surface area contributed by atoms with Gasteiger partial charge in [0.2, 0.25) is 5.91 Å². The predicted octanol–water partition coefficient (Wildman–Crippen LogP) is 1.51. The largest absolute Gasteiger partial charge is 0.364 e. The molecule has 17 heavy (non-hydrogen) atoms. The van der Waals surface area contributed by atoms with Crippen molar-refractivity contribution >= 4 is 5.91 Å². The van der Waals surface area contributed by atoms with Crippen LogP contribution in [0.15, 0.2) is 18.3 Å². The lowest BCUT2D eigenvalue weighted by Gasteiger charge is -2.29. The molecular weight excluding hydrogens is 214 g/mol. The third-order valence-corrected chi connectivity index (χ3v) is 3.30. The first-order valence-electron chi connectivity index (χ1n) is 6.42. The van der Waals surface area contributed by atoms with Gasteiger partial charge in [0.15, 0.2) is 0 Å². The number of hydrogen-bond donors (Lipinski definition) is 2. The summed E-state index contributed by atoms with van der Waals surface area (Å²) in [6, 6.07) is 3.88. The van der Waals surface area contributed by atoms with Gasteiger partial charge in [0.25, 0.3) is 0 Å². The zero-order valence-corrected chi connectivity index (χ0v) is 10.4. The van der Waals surface area contributed by atoms with Crippen molar-refractivity contribution in [3.8, 4) is 0 Å². The number of nitrogens with one attached hydrogen (secondary N) is 2. The van der Waals surface area contributed by atoms with Crippen LogP contribution in [-0.2, 0) is 11.3 Å². The fourth-order valence-electron chi connectivity index (χ4n) is 2.22. The number of amides is 1. The standard InChI is InChI=1S/C13H21N3O/c1-11(15-10-12-6-5-7-14-12)13(17)16-8-3-2-4-9-16/h5-7,11,14-15H,2-4,8-10H2,1H3. The number of rotatable bonds is 4. The molecule has 2 N–H and O–H groups in total. The van der Waals surface area contributed by atoms with Crippen molar-refractivity contribution in [1.82, 2.24) is 15.2 Å². The first-order chi connectivity index (χ1) is 8.27. The van der Waals surface area contributed by atoms with Gasteiger partial charge in [-0.2, -0.15) is 0 Å². The summed E-state index contributed by atoms with van der Waals surface area (Å²) in [7, 11) is 0. The highest BCUT2D eigenvalue weighted by Crippen LogP contribution is 2.10. The van der Waals surface area contributed by atoms with Crippen molar-refractivity contribution < 1.29 is 4.79 Å². The molecule has 4 nitrogen and oxygen atoms in total. The molecule has 4 heteroatoms. The second-order valence-corrected chi connectivity index (χ2v) is 4.68. The number of H-pyrrole nitrogens is 1. The lowest BCUT2D eigenvalue weighted by molar-refractivity contribution is -0.133. The van der Waals surface area contributed by atoms with Gasteiger partial charge < -0.3 is 15.2 Å². The Morgan fingerprint density at radius 3 is 2.88 bits per heavy atom. The van der Waals surface area contributed by atoms with Crippen molar-refractivity contribution in [2.75, 3.05) is 13.1 Å². The summed E-state index contributed by atoms with van der Waals surface area (Å²) >= 11 is 0. The maximum Gasteiger partial charge on any atom is 0.239 e. The van der Waals surface area contributed by atoms with Gasteiger partial charge in [-0.3, -0.25) is 4.79 Å². The van der Waals surface area contributed by atoms with E-state index in [1.807, 2.05) is 30.2 Å². The highest BCUT2D eigenvalue weighted by Gasteiger charge is 2.21. The second kappa shape index (κ2) is 5.87. The number of piperidine rings is 1. The van der Waals surface area contributed by atoms with Crippen LogP contribution in [0.2, 0.25) is 0 Å². The van der Waals surface area contributed by atoms with Crippen LogP contribution < -0.4 is 5.32 Å². The molecule has 2 heterocycles. The van der Waals surface area contributed by atoms with Crippen molar-refractivity contribution in [2.24, 2.45) is 0 Å². The minimum Gasteiger partial charge on any atom is -0.364 e. The minimum atomic E-state index is -0.101. The van der Waals surface area contributed by atoms with Crippen molar-refractivity contribution in [3.63, 3.8) is 0 Å². The second-order valence-electron chi connectivity index (χ2n) is 4.68. The average molecular weight is 235 g/mol. The third-order valence-electron chi connectivity index (χ3n) is 3.30. The quantitative estimate of drug-likeness (QED) is 0.831. The average Bonchev–Trinajstić information content (AvgIpc) is 2.89. The van der Waals surface area contributed by atoms with Crippen molar-refractivity contribution in [3.05, 3.63) is 24.0 Å². The molecule has 0 aromatic carbocycles. The van der Waals surface area contributed by atoms with Gasteiger partial charge in [0.05, 0.1) is 6.04 Å². The van der Waals surface area contributed by atoms with E-state index in [9.17, 15) is 4.79 Å². The Bertz CT molecular complexity index is 342. The number of hydrogen-bond acceptors (Lipinski definition) is 2.